The molecule has 31 heavy (non-hydrogen) atoms. The van der Waals surface area contributed by atoms with Crippen LogP contribution in [0.4, 0.5) is 0 Å². The highest BCUT2D eigenvalue weighted by Crippen LogP contribution is 2.52. The van der Waals surface area contributed by atoms with E-state index in [1.165, 1.54) is 38.6 Å². The number of hydrogen-bond acceptors (Lipinski definition) is 2. The Morgan fingerprint density at radius 2 is 1.13 bits per heavy atom. The first-order valence-electron chi connectivity index (χ1n) is 10.5. The van der Waals surface area contributed by atoms with E-state index in [0.29, 0.717) is 5.02 Å². The summed E-state index contributed by atoms with van der Waals surface area (Å²) in [6.07, 6.45) is 0. The highest BCUT2D eigenvalue weighted by molar-refractivity contribution is 6.31. The molecule has 7 rings (SSSR count). The second kappa shape index (κ2) is 5.52. The van der Waals surface area contributed by atoms with Crippen molar-refractivity contribution in [1.29, 1.82) is 0 Å². The molecule has 0 unspecified atom stereocenters. The van der Waals surface area contributed by atoms with Crippen LogP contribution >= 0.6 is 11.6 Å². The Balaban J connectivity index is 1.56. The van der Waals surface area contributed by atoms with Gasteiger partial charge in [-0.15, -0.1) is 0 Å². The lowest BCUT2D eigenvalue weighted by atomic mass is 9.81. The maximum absolute atomic E-state index is 6.25. The number of rotatable bonds is 0. The number of furan rings is 2. The monoisotopic (exact) mass is 422 g/mol. The molecule has 4 aromatic carbocycles. The maximum atomic E-state index is 6.25. The molecule has 0 radical (unpaired) electrons. The first kappa shape index (κ1) is 17.5. The molecule has 0 atom stereocenters. The summed E-state index contributed by atoms with van der Waals surface area (Å²) >= 11 is 6.19. The fourth-order valence-corrected chi connectivity index (χ4v) is 5.51. The molecule has 2 heterocycles. The molecule has 6 aromatic rings. The fourth-order valence-electron chi connectivity index (χ4n) is 5.35. The van der Waals surface area contributed by atoms with Crippen LogP contribution in [-0.2, 0) is 5.41 Å². The van der Waals surface area contributed by atoms with E-state index < -0.39 is 0 Å². The third-order valence-electron chi connectivity index (χ3n) is 6.98. The number of halogens is 1. The van der Waals surface area contributed by atoms with Gasteiger partial charge in [-0.1, -0.05) is 37.6 Å². The van der Waals surface area contributed by atoms with Gasteiger partial charge >= 0.3 is 0 Å². The average molecular weight is 423 g/mol. The lowest BCUT2D eigenvalue weighted by Crippen LogP contribution is -2.14. The van der Waals surface area contributed by atoms with Crippen molar-refractivity contribution >= 4 is 55.5 Å². The van der Waals surface area contributed by atoms with E-state index in [9.17, 15) is 0 Å². The van der Waals surface area contributed by atoms with Crippen LogP contribution in [0, 0.1) is 6.92 Å². The molecule has 0 bridgehead atoms. The molecule has 0 aliphatic heterocycles. The third kappa shape index (κ3) is 2.18. The normalized spacial score (nSPS) is 14.7. The van der Waals surface area contributed by atoms with Gasteiger partial charge in [-0.3, -0.25) is 0 Å². The van der Waals surface area contributed by atoms with Gasteiger partial charge in [-0.05, 0) is 77.2 Å². The van der Waals surface area contributed by atoms with Gasteiger partial charge in [0.15, 0.2) is 0 Å². The minimum Gasteiger partial charge on any atom is -0.456 e. The molecule has 0 fully saturated rings. The summed E-state index contributed by atoms with van der Waals surface area (Å²) in [4.78, 5) is 0. The van der Waals surface area contributed by atoms with Crippen molar-refractivity contribution in [1.82, 2.24) is 0 Å². The van der Waals surface area contributed by atoms with Gasteiger partial charge in [-0.25, -0.2) is 0 Å². The van der Waals surface area contributed by atoms with Crippen LogP contribution in [-0.4, -0.2) is 0 Å². The minimum atomic E-state index is -0.114. The van der Waals surface area contributed by atoms with Crippen LogP contribution in [0.1, 0.15) is 30.5 Å². The van der Waals surface area contributed by atoms with Crippen molar-refractivity contribution < 1.29 is 8.83 Å². The van der Waals surface area contributed by atoms with Crippen LogP contribution in [0.3, 0.4) is 0 Å². The first-order chi connectivity index (χ1) is 14.9. The molecular weight excluding hydrogens is 404 g/mol. The van der Waals surface area contributed by atoms with Crippen molar-refractivity contribution in [3.05, 3.63) is 82.4 Å². The molecule has 0 amide bonds. The SMILES string of the molecule is Cc1ccc2c(c1)oc1cc3c(cc12)C(C)(C)c1cc2c(cc1-3)oc1cc(Cl)ccc12. The second-order valence-electron chi connectivity index (χ2n) is 9.26. The molecule has 0 spiro atoms. The van der Waals surface area contributed by atoms with E-state index >= 15 is 0 Å². The van der Waals surface area contributed by atoms with E-state index in [1.54, 1.807) is 0 Å². The molecule has 2 nitrogen and oxygen atoms in total. The predicted octanol–water partition coefficient (Wildman–Crippen LogP) is 8.75. The lowest BCUT2D eigenvalue weighted by molar-refractivity contribution is 0.656. The predicted molar refractivity (Wildman–Crippen MR) is 128 cm³/mol. The van der Waals surface area contributed by atoms with E-state index in [2.05, 4.69) is 63.2 Å². The van der Waals surface area contributed by atoms with Crippen LogP contribution in [0.2, 0.25) is 5.02 Å². The molecule has 0 saturated carbocycles. The molecule has 1 aliphatic carbocycles. The maximum Gasteiger partial charge on any atom is 0.136 e. The Hall–Kier alpha value is -3.23. The quantitative estimate of drug-likeness (QED) is 0.244. The summed E-state index contributed by atoms with van der Waals surface area (Å²) < 4.78 is 12.4. The molecular formula is C28H19ClO2. The number of aryl methyl sites for hydroxylation is 1. The van der Waals surface area contributed by atoms with Gasteiger partial charge in [0, 0.05) is 38.0 Å². The van der Waals surface area contributed by atoms with Crippen LogP contribution in [0.25, 0.3) is 55.0 Å². The van der Waals surface area contributed by atoms with E-state index in [1.807, 2.05) is 18.2 Å². The van der Waals surface area contributed by atoms with Gasteiger partial charge < -0.3 is 8.83 Å². The molecule has 0 saturated heterocycles. The molecule has 3 heteroatoms. The van der Waals surface area contributed by atoms with E-state index in [-0.39, 0.29) is 5.41 Å². The second-order valence-corrected chi connectivity index (χ2v) is 9.69. The Labute approximate surface area is 184 Å². The molecule has 2 aromatic heterocycles. The fraction of sp³-hybridized carbons (Fsp3) is 0.143. The Morgan fingerprint density at radius 3 is 1.74 bits per heavy atom. The van der Waals surface area contributed by atoms with Crippen molar-refractivity contribution in [3.63, 3.8) is 0 Å². The Bertz CT molecular complexity index is 1600. The molecule has 0 N–H and O–H groups in total. The number of fused-ring (bicyclic) bond motifs is 9. The number of hydrogen-bond donors (Lipinski definition) is 0. The Kier molecular flexibility index (Phi) is 3.11. The summed E-state index contributed by atoms with van der Waals surface area (Å²) in [5.74, 6) is 0. The van der Waals surface area contributed by atoms with Gasteiger partial charge in [0.1, 0.15) is 22.3 Å². The lowest BCUT2D eigenvalue weighted by Gasteiger charge is -2.21. The van der Waals surface area contributed by atoms with Crippen LogP contribution in [0.15, 0.2) is 69.5 Å². The van der Waals surface area contributed by atoms with Crippen LogP contribution in [0.5, 0.6) is 0 Å². The summed E-state index contributed by atoms with van der Waals surface area (Å²) in [7, 11) is 0. The van der Waals surface area contributed by atoms with Gasteiger partial charge in [0.25, 0.3) is 0 Å². The van der Waals surface area contributed by atoms with Crippen molar-refractivity contribution in [2.75, 3.05) is 0 Å². The van der Waals surface area contributed by atoms with Crippen molar-refractivity contribution in [2.45, 2.75) is 26.2 Å². The highest BCUT2D eigenvalue weighted by atomic mass is 35.5. The summed E-state index contributed by atoms with van der Waals surface area (Å²) in [5.41, 5.74) is 9.78. The summed E-state index contributed by atoms with van der Waals surface area (Å²) in [6, 6.07) is 21.3. The standard InChI is InChI=1S/C28H19ClO2/c1-14-4-6-16-20-10-22-18(12-26(20)30-24(16)8-14)19-13-27-21(11-23(19)28(22,2)3)17-7-5-15(29)9-25(17)31-27/h4-13H,1-3H3. The smallest absolute Gasteiger partial charge is 0.136 e. The minimum absolute atomic E-state index is 0.114. The number of benzene rings is 4. The zero-order valence-corrected chi connectivity index (χ0v) is 18.2. The van der Waals surface area contributed by atoms with Gasteiger partial charge in [-0.2, -0.15) is 0 Å². The molecule has 1 aliphatic rings. The van der Waals surface area contributed by atoms with Crippen molar-refractivity contribution in [2.24, 2.45) is 0 Å². The summed E-state index contributed by atoms with van der Waals surface area (Å²) in [6.45, 7) is 6.71. The molecule has 150 valence electrons. The van der Waals surface area contributed by atoms with Gasteiger partial charge in [0.05, 0.1) is 0 Å². The van der Waals surface area contributed by atoms with E-state index in [0.717, 1.165) is 33.1 Å². The highest BCUT2D eigenvalue weighted by Gasteiger charge is 2.37. The van der Waals surface area contributed by atoms with E-state index in [4.69, 9.17) is 20.4 Å². The largest absolute Gasteiger partial charge is 0.456 e. The first-order valence-corrected chi connectivity index (χ1v) is 10.9. The third-order valence-corrected chi connectivity index (χ3v) is 7.21. The van der Waals surface area contributed by atoms with Gasteiger partial charge in [0.2, 0.25) is 0 Å². The zero-order chi connectivity index (χ0) is 21.1. The zero-order valence-electron chi connectivity index (χ0n) is 17.5. The van der Waals surface area contributed by atoms with Crippen molar-refractivity contribution in [3.8, 4) is 11.1 Å². The van der Waals surface area contributed by atoms with Crippen LogP contribution < -0.4 is 0 Å². The average Bonchev–Trinajstić information content (AvgIpc) is 3.33. The Morgan fingerprint density at radius 1 is 0.613 bits per heavy atom. The summed E-state index contributed by atoms with van der Waals surface area (Å²) in [5, 5.41) is 5.28. The topological polar surface area (TPSA) is 26.3 Å².